The molecule has 1 fully saturated rings. The maximum atomic E-state index is 4.28. The summed E-state index contributed by atoms with van der Waals surface area (Å²) >= 11 is 0. The fourth-order valence-electron chi connectivity index (χ4n) is 2.73. The number of aryl methyl sites for hydroxylation is 1. The third-order valence-corrected chi connectivity index (χ3v) is 3.99. The zero-order chi connectivity index (χ0) is 14.4. The Kier molecular flexibility index (Phi) is 5.40. The summed E-state index contributed by atoms with van der Waals surface area (Å²) in [5, 5.41) is 10.9. The highest BCUT2D eigenvalue weighted by molar-refractivity contribution is 5.79. The molecule has 20 heavy (non-hydrogen) atoms. The van der Waals surface area contributed by atoms with Crippen molar-refractivity contribution in [2.45, 2.75) is 32.4 Å². The molecule has 6 nitrogen and oxygen atoms in total. The fourth-order valence-corrected chi connectivity index (χ4v) is 2.73. The molecule has 0 aromatic carbocycles. The van der Waals surface area contributed by atoms with Crippen molar-refractivity contribution < 1.29 is 0 Å². The number of guanidine groups is 1. The van der Waals surface area contributed by atoms with Crippen LogP contribution in [-0.4, -0.2) is 53.4 Å². The number of likely N-dealkylation sites (tertiary alicyclic amines) is 1. The summed E-state index contributed by atoms with van der Waals surface area (Å²) in [6.45, 7) is 6.28. The molecular weight excluding hydrogens is 252 g/mol. The normalized spacial score (nSPS) is 20.4. The van der Waals surface area contributed by atoms with Crippen molar-refractivity contribution in [3.8, 4) is 0 Å². The summed E-state index contributed by atoms with van der Waals surface area (Å²) in [4.78, 5) is 6.80. The lowest BCUT2D eigenvalue weighted by Gasteiger charge is -2.23. The van der Waals surface area contributed by atoms with Crippen LogP contribution in [0, 0.1) is 0 Å². The standard InChI is InChI=1S/C14H26N6/c1-4-20-9-5-6-13(20)11-17-14(15-2)16-10-12-7-8-18-19(12)3/h7-8,13H,4-6,9-11H2,1-3H3,(H2,15,16,17). The molecule has 112 valence electrons. The highest BCUT2D eigenvalue weighted by atomic mass is 15.3. The molecule has 2 N–H and O–H groups in total. The minimum absolute atomic E-state index is 0.634. The number of nitrogens with one attached hydrogen (secondary N) is 2. The largest absolute Gasteiger partial charge is 0.355 e. The molecule has 2 heterocycles. The molecule has 0 amide bonds. The maximum Gasteiger partial charge on any atom is 0.191 e. The minimum atomic E-state index is 0.634. The van der Waals surface area contributed by atoms with Crippen molar-refractivity contribution in [1.29, 1.82) is 0 Å². The van der Waals surface area contributed by atoms with E-state index in [1.54, 1.807) is 0 Å². The van der Waals surface area contributed by atoms with Crippen molar-refractivity contribution in [2.75, 3.05) is 26.7 Å². The van der Waals surface area contributed by atoms with Gasteiger partial charge in [-0.05, 0) is 32.0 Å². The maximum absolute atomic E-state index is 4.28. The van der Waals surface area contributed by atoms with Gasteiger partial charge in [-0.25, -0.2) is 0 Å². The molecule has 0 radical (unpaired) electrons. The van der Waals surface area contributed by atoms with Gasteiger partial charge in [0.1, 0.15) is 0 Å². The lowest BCUT2D eigenvalue weighted by atomic mass is 10.2. The summed E-state index contributed by atoms with van der Waals surface area (Å²) in [5.74, 6) is 0.856. The highest BCUT2D eigenvalue weighted by Crippen LogP contribution is 2.15. The molecule has 6 heteroatoms. The van der Waals surface area contributed by atoms with E-state index >= 15 is 0 Å². The zero-order valence-electron chi connectivity index (χ0n) is 12.8. The molecule has 1 aromatic rings. The first kappa shape index (κ1) is 14.8. The second kappa shape index (κ2) is 7.28. The predicted molar refractivity (Wildman–Crippen MR) is 81.7 cm³/mol. The molecule has 1 aliphatic rings. The van der Waals surface area contributed by atoms with Crippen molar-refractivity contribution in [3.05, 3.63) is 18.0 Å². The summed E-state index contributed by atoms with van der Waals surface area (Å²) in [6.07, 6.45) is 4.39. The number of aromatic nitrogens is 2. The van der Waals surface area contributed by atoms with E-state index < -0.39 is 0 Å². The topological polar surface area (TPSA) is 57.5 Å². The molecule has 1 saturated heterocycles. The van der Waals surface area contributed by atoms with Crippen LogP contribution in [0.25, 0.3) is 0 Å². The molecule has 0 saturated carbocycles. The van der Waals surface area contributed by atoms with Gasteiger partial charge in [0.05, 0.1) is 12.2 Å². The summed E-state index contributed by atoms with van der Waals surface area (Å²) in [6, 6.07) is 2.64. The summed E-state index contributed by atoms with van der Waals surface area (Å²) < 4.78 is 1.87. The Labute approximate surface area is 121 Å². The molecule has 0 spiro atoms. The van der Waals surface area contributed by atoms with Crippen molar-refractivity contribution >= 4 is 5.96 Å². The van der Waals surface area contributed by atoms with E-state index in [0.717, 1.165) is 31.3 Å². The molecule has 0 aliphatic carbocycles. The predicted octanol–water partition coefficient (Wildman–Crippen LogP) is 0.569. The molecule has 1 aliphatic heterocycles. The van der Waals surface area contributed by atoms with Crippen LogP contribution in [0.2, 0.25) is 0 Å². The molecule has 1 unspecified atom stereocenters. The molecule has 0 bridgehead atoms. The van der Waals surface area contributed by atoms with Gasteiger partial charge in [-0.15, -0.1) is 0 Å². The number of likely N-dealkylation sites (N-methyl/N-ethyl adjacent to an activating group) is 1. The smallest absolute Gasteiger partial charge is 0.191 e. The van der Waals surface area contributed by atoms with Gasteiger partial charge in [-0.1, -0.05) is 6.92 Å². The van der Waals surface area contributed by atoms with E-state index in [2.05, 4.69) is 32.5 Å². The first-order valence-electron chi connectivity index (χ1n) is 7.40. The Balaban J connectivity index is 1.77. The average molecular weight is 278 g/mol. The number of aliphatic imine (C=N–C) groups is 1. The fraction of sp³-hybridized carbons (Fsp3) is 0.714. The van der Waals surface area contributed by atoms with Gasteiger partial charge in [-0.2, -0.15) is 5.10 Å². The van der Waals surface area contributed by atoms with E-state index in [-0.39, 0.29) is 0 Å². The van der Waals surface area contributed by atoms with Gasteiger partial charge in [0.15, 0.2) is 5.96 Å². The van der Waals surface area contributed by atoms with E-state index in [1.807, 2.05) is 31.0 Å². The highest BCUT2D eigenvalue weighted by Gasteiger charge is 2.22. The van der Waals surface area contributed by atoms with Gasteiger partial charge in [0, 0.05) is 32.9 Å². The van der Waals surface area contributed by atoms with Crippen molar-refractivity contribution in [2.24, 2.45) is 12.0 Å². The van der Waals surface area contributed by atoms with Crippen molar-refractivity contribution in [3.63, 3.8) is 0 Å². The Morgan fingerprint density at radius 2 is 2.35 bits per heavy atom. The van der Waals surface area contributed by atoms with Gasteiger partial charge in [0.2, 0.25) is 0 Å². The van der Waals surface area contributed by atoms with Crippen LogP contribution in [0.15, 0.2) is 17.3 Å². The lowest BCUT2D eigenvalue weighted by molar-refractivity contribution is 0.267. The third-order valence-electron chi connectivity index (χ3n) is 3.99. The lowest BCUT2D eigenvalue weighted by Crippen LogP contribution is -2.44. The zero-order valence-corrected chi connectivity index (χ0v) is 12.8. The second-order valence-corrected chi connectivity index (χ2v) is 5.18. The first-order valence-corrected chi connectivity index (χ1v) is 7.40. The van der Waals surface area contributed by atoms with E-state index in [1.165, 1.54) is 19.4 Å². The minimum Gasteiger partial charge on any atom is -0.355 e. The van der Waals surface area contributed by atoms with Gasteiger partial charge in [0.25, 0.3) is 0 Å². The first-order chi connectivity index (χ1) is 9.74. The van der Waals surface area contributed by atoms with Gasteiger partial charge < -0.3 is 10.6 Å². The number of hydrogen-bond donors (Lipinski definition) is 2. The summed E-state index contributed by atoms with van der Waals surface area (Å²) in [7, 11) is 3.76. The second-order valence-electron chi connectivity index (χ2n) is 5.18. The van der Waals surface area contributed by atoms with Crippen LogP contribution in [-0.2, 0) is 13.6 Å². The number of hydrogen-bond acceptors (Lipinski definition) is 3. The molecule has 1 atom stereocenters. The van der Waals surface area contributed by atoms with Crippen LogP contribution in [0.3, 0.4) is 0 Å². The SMILES string of the molecule is CCN1CCCC1CNC(=NC)NCc1ccnn1C. The van der Waals surface area contributed by atoms with Crippen LogP contribution >= 0.6 is 0 Å². The molecule has 2 rings (SSSR count). The Bertz CT molecular complexity index is 439. The van der Waals surface area contributed by atoms with Crippen LogP contribution in [0.5, 0.6) is 0 Å². The number of nitrogens with zero attached hydrogens (tertiary/aromatic N) is 4. The van der Waals surface area contributed by atoms with Crippen LogP contribution in [0.4, 0.5) is 0 Å². The number of rotatable bonds is 5. The quantitative estimate of drug-likeness (QED) is 0.611. The van der Waals surface area contributed by atoms with Crippen molar-refractivity contribution in [1.82, 2.24) is 25.3 Å². The Hall–Kier alpha value is -1.56. The molecule has 1 aromatic heterocycles. The van der Waals surface area contributed by atoms with E-state index in [4.69, 9.17) is 0 Å². The monoisotopic (exact) mass is 278 g/mol. The Morgan fingerprint density at radius 1 is 1.50 bits per heavy atom. The van der Waals surface area contributed by atoms with E-state index in [9.17, 15) is 0 Å². The van der Waals surface area contributed by atoms with E-state index in [0.29, 0.717) is 6.04 Å². The van der Waals surface area contributed by atoms with Gasteiger partial charge in [-0.3, -0.25) is 14.6 Å². The van der Waals surface area contributed by atoms with Crippen LogP contribution < -0.4 is 10.6 Å². The molecular formula is C14H26N6. The average Bonchev–Trinajstić information content (AvgIpc) is 3.08. The third kappa shape index (κ3) is 3.72. The summed E-state index contributed by atoms with van der Waals surface area (Å²) in [5.41, 5.74) is 1.14. The van der Waals surface area contributed by atoms with Gasteiger partial charge >= 0.3 is 0 Å². The van der Waals surface area contributed by atoms with Crippen LogP contribution in [0.1, 0.15) is 25.5 Å². The Morgan fingerprint density at radius 3 is 3.00 bits per heavy atom.